The summed E-state index contributed by atoms with van der Waals surface area (Å²) in [6.07, 6.45) is 1.01. The molecule has 1 atom stereocenters. The number of hydrogen-bond donors (Lipinski definition) is 2. The minimum Gasteiger partial charge on any atom is -0.357 e. The van der Waals surface area contributed by atoms with Crippen molar-refractivity contribution in [1.29, 1.82) is 0 Å². The molecule has 1 aromatic heterocycles. The molecule has 0 bridgehead atoms. The molecule has 2 rings (SSSR count). The van der Waals surface area contributed by atoms with E-state index in [-0.39, 0.29) is 11.8 Å². The van der Waals surface area contributed by atoms with Crippen LogP contribution < -0.4 is 10.6 Å². The second kappa shape index (κ2) is 8.47. The fraction of sp³-hybridized carbons (Fsp3) is 0.667. The third-order valence-electron chi connectivity index (χ3n) is 5.36. The molecular formula is C21H35N5O2. The van der Waals surface area contributed by atoms with Crippen LogP contribution in [0.5, 0.6) is 0 Å². The van der Waals surface area contributed by atoms with E-state index >= 15 is 0 Å². The van der Waals surface area contributed by atoms with Crippen LogP contribution in [0.2, 0.25) is 0 Å². The van der Waals surface area contributed by atoms with Gasteiger partial charge in [0.05, 0.1) is 5.69 Å². The molecule has 0 spiro atoms. The highest BCUT2D eigenvalue weighted by Crippen LogP contribution is 2.26. The van der Waals surface area contributed by atoms with Gasteiger partial charge in [0.25, 0.3) is 5.91 Å². The molecule has 1 aromatic rings. The number of imidazole rings is 1. The lowest BCUT2D eigenvalue weighted by Gasteiger charge is -2.29. The number of allylic oxidation sites excluding steroid dienone is 2. The van der Waals surface area contributed by atoms with Gasteiger partial charge in [-0.05, 0) is 51.8 Å². The second-order valence-electron chi connectivity index (χ2n) is 8.99. The molecule has 1 aliphatic rings. The van der Waals surface area contributed by atoms with Gasteiger partial charge in [-0.15, -0.1) is 0 Å². The maximum atomic E-state index is 13.2. The maximum absolute atomic E-state index is 13.2. The van der Waals surface area contributed by atoms with E-state index in [0.717, 1.165) is 36.6 Å². The van der Waals surface area contributed by atoms with Crippen LogP contribution in [-0.2, 0) is 17.9 Å². The molecule has 1 aliphatic heterocycles. The van der Waals surface area contributed by atoms with Gasteiger partial charge in [-0.2, -0.15) is 0 Å². The molecular weight excluding hydrogens is 354 g/mol. The van der Waals surface area contributed by atoms with Crippen molar-refractivity contribution in [2.45, 2.75) is 67.1 Å². The van der Waals surface area contributed by atoms with Crippen molar-refractivity contribution >= 4 is 17.4 Å². The number of nitrogens with zero attached hydrogens (tertiary/aromatic N) is 3. The van der Waals surface area contributed by atoms with Crippen LogP contribution in [0.25, 0.3) is 5.57 Å². The highest BCUT2D eigenvalue weighted by Gasteiger charge is 2.34. The topological polar surface area (TPSA) is 79.3 Å². The average Bonchev–Trinajstić information content (AvgIpc) is 2.83. The lowest BCUT2D eigenvalue weighted by Crippen LogP contribution is -2.53. The van der Waals surface area contributed by atoms with E-state index in [4.69, 9.17) is 4.98 Å². The molecule has 0 fully saturated rings. The van der Waals surface area contributed by atoms with Crippen LogP contribution >= 0.6 is 0 Å². The predicted molar refractivity (Wildman–Crippen MR) is 112 cm³/mol. The molecule has 2 N–H and O–H groups in total. The molecule has 0 unspecified atom stereocenters. The van der Waals surface area contributed by atoms with Gasteiger partial charge < -0.3 is 20.1 Å². The number of amides is 2. The number of carbonyl (C=O) groups is 2. The first-order valence-corrected chi connectivity index (χ1v) is 9.92. The fourth-order valence-corrected chi connectivity index (χ4v) is 3.43. The standard InChI is InChI=1S/C21H35N5O2/c1-13(2)14(3)18-23-16(15-12-25(8)10-9-11-26(15)18)19(27)24-17(20(28)22-7)21(4,5)6/h17H,9-12H2,1-8H3,(H,22,28)(H,24,27)/t17-/m1/s1. The number of aromatic nitrogens is 2. The molecule has 156 valence electrons. The summed E-state index contributed by atoms with van der Waals surface area (Å²) in [4.78, 5) is 32.5. The molecule has 0 radical (unpaired) electrons. The molecule has 7 heteroatoms. The molecule has 2 heterocycles. The number of nitrogens with one attached hydrogen (secondary N) is 2. The van der Waals surface area contributed by atoms with Crippen molar-refractivity contribution in [3.05, 3.63) is 22.8 Å². The Labute approximate surface area is 168 Å². The average molecular weight is 390 g/mol. The van der Waals surface area contributed by atoms with E-state index in [2.05, 4.69) is 41.0 Å². The van der Waals surface area contributed by atoms with Crippen LogP contribution in [0.15, 0.2) is 5.57 Å². The summed E-state index contributed by atoms with van der Waals surface area (Å²) in [6, 6.07) is -0.640. The minimum atomic E-state index is -0.640. The first-order valence-electron chi connectivity index (χ1n) is 9.92. The zero-order valence-corrected chi connectivity index (χ0v) is 18.6. The van der Waals surface area contributed by atoms with Crippen LogP contribution in [0.3, 0.4) is 0 Å². The molecule has 2 amide bonds. The number of rotatable bonds is 4. The van der Waals surface area contributed by atoms with E-state index in [9.17, 15) is 9.59 Å². The molecule has 0 saturated carbocycles. The number of fused-ring (bicyclic) bond motifs is 1. The number of carbonyl (C=O) groups excluding carboxylic acids is 2. The van der Waals surface area contributed by atoms with Gasteiger partial charge in [-0.1, -0.05) is 26.3 Å². The molecule has 7 nitrogen and oxygen atoms in total. The summed E-state index contributed by atoms with van der Waals surface area (Å²) in [7, 11) is 3.64. The Morgan fingerprint density at radius 3 is 2.32 bits per heavy atom. The van der Waals surface area contributed by atoms with Gasteiger partial charge in [0.15, 0.2) is 5.69 Å². The zero-order valence-electron chi connectivity index (χ0n) is 18.6. The Morgan fingerprint density at radius 2 is 1.79 bits per heavy atom. The monoisotopic (exact) mass is 389 g/mol. The Kier molecular flexibility index (Phi) is 6.70. The molecule has 28 heavy (non-hydrogen) atoms. The Bertz CT molecular complexity index is 781. The van der Waals surface area contributed by atoms with Crippen LogP contribution in [0, 0.1) is 5.41 Å². The number of likely N-dealkylation sites (N-methyl/N-ethyl adjacent to an activating group) is 1. The largest absolute Gasteiger partial charge is 0.357 e. The second-order valence-corrected chi connectivity index (χ2v) is 8.99. The van der Waals surface area contributed by atoms with Crippen molar-refractivity contribution in [2.24, 2.45) is 5.41 Å². The van der Waals surface area contributed by atoms with Crippen LogP contribution in [-0.4, -0.2) is 52.9 Å². The highest BCUT2D eigenvalue weighted by molar-refractivity contribution is 5.97. The van der Waals surface area contributed by atoms with Crippen molar-refractivity contribution in [3.63, 3.8) is 0 Å². The molecule has 0 aliphatic carbocycles. The molecule has 0 saturated heterocycles. The van der Waals surface area contributed by atoms with E-state index in [1.165, 1.54) is 5.57 Å². The van der Waals surface area contributed by atoms with Crippen molar-refractivity contribution < 1.29 is 9.59 Å². The SMILES string of the molecule is CNC(=O)[C@@H](NC(=O)c1nc(C(C)=C(C)C)n2c1CN(C)CCC2)C(C)(C)C. The van der Waals surface area contributed by atoms with E-state index in [1.807, 2.05) is 27.7 Å². The minimum absolute atomic E-state index is 0.205. The first kappa shape index (κ1) is 22.1. The van der Waals surface area contributed by atoms with Crippen molar-refractivity contribution in [3.8, 4) is 0 Å². The highest BCUT2D eigenvalue weighted by atomic mass is 16.2. The predicted octanol–water partition coefficient (Wildman–Crippen LogP) is 2.42. The van der Waals surface area contributed by atoms with Crippen LogP contribution in [0.1, 0.15) is 70.0 Å². The van der Waals surface area contributed by atoms with E-state index in [0.29, 0.717) is 12.2 Å². The van der Waals surface area contributed by atoms with Gasteiger partial charge in [0, 0.05) is 20.1 Å². The Balaban J connectivity index is 2.51. The maximum Gasteiger partial charge on any atom is 0.272 e. The quantitative estimate of drug-likeness (QED) is 0.829. The summed E-state index contributed by atoms with van der Waals surface area (Å²) < 4.78 is 2.17. The summed E-state index contributed by atoms with van der Waals surface area (Å²) >= 11 is 0. The zero-order chi connectivity index (χ0) is 21.2. The van der Waals surface area contributed by atoms with E-state index in [1.54, 1.807) is 7.05 Å². The normalized spacial score (nSPS) is 16.0. The smallest absolute Gasteiger partial charge is 0.272 e. The fourth-order valence-electron chi connectivity index (χ4n) is 3.43. The van der Waals surface area contributed by atoms with Crippen LogP contribution in [0.4, 0.5) is 0 Å². The summed E-state index contributed by atoms with van der Waals surface area (Å²) in [5.74, 6) is 0.349. The Hall–Kier alpha value is -2.15. The van der Waals surface area contributed by atoms with Gasteiger partial charge in [0.1, 0.15) is 11.9 Å². The van der Waals surface area contributed by atoms with E-state index < -0.39 is 11.5 Å². The van der Waals surface area contributed by atoms with Gasteiger partial charge >= 0.3 is 0 Å². The number of hydrogen-bond acceptors (Lipinski definition) is 4. The van der Waals surface area contributed by atoms with Gasteiger partial charge in [-0.25, -0.2) is 4.98 Å². The Morgan fingerprint density at radius 1 is 1.14 bits per heavy atom. The van der Waals surface area contributed by atoms with Crippen molar-refractivity contribution in [2.75, 3.05) is 20.6 Å². The van der Waals surface area contributed by atoms with Gasteiger partial charge in [0.2, 0.25) is 5.91 Å². The summed E-state index contributed by atoms with van der Waals surface area (Å²) in [6.45, 7) is 14.4. The third-order valence-corrected chi connectivity index (χ3v) is 5.36. The molecule has 0 aromatic carbocycles. The lowest BCUT2D eigenvalue weighted by molar-refractivity contribution is -0.124. The van der Waals surface area contributed by atoms with Gasteiger partial charge in [-0.3, -0.25) is 9.59 Å². The first-order chi connectivity index (χ1) is 13.0. The summed E-state index contributed by atoms with van der Waals surface area (Å²) in [5.41, 5.74) is 3.18. The summed E-state index contributed by atoms with van der Waals surface area (Å²) in [5, 5.41) is 5.58. The third kappa shape index (κ3) is 4.63. The lowest BCUT2D eigenvalue weighted by atomic mass is 9.86. The van der Waals surface area contributed by atoms with Crippen molar-refractivity contribution in [1.82, 2.24) is 25.1 Å².